The fourth-order valence-electron chi connectivity index (χ4n) is 1.74. The maximum atomic E-state index is 11.2. The third kappa shape index (κ3) is 2.82. The van der Waals surface area contributed by atoms with Crippen LogP contribution in [0.15, 0.2) is 36.4 Å². The molecule has 0 aliphatic carbocycles. The molecule has 19 heavy (non-hydrogen) atoms. The summed E-state index contributed by atoms with van der Waals surface area (Å²) in [7, 11) is 0. The van der Waals surface area contributed by atoms with Gasteiger partial charge in [-0.1, -0.05) is 41.1 Å². The number of rotatable bonds is 4. The monoisotopic (exact) mass is 277 g/mol. The van der Waals surface area contributed by atoms with Crippen molar-refractivity contribution in [1.82, 2.24) is 15.0 Å². The molecule has 2 aromatic rings. The zero-order chi connectivity index (χ0) is 14.0. The Labute approximate surface area is 115 Å². The van der Waals surface area contributed by atoms with E-state index in [1.165, 1.54) is 4.68 Å². The zero-order valence-electron chi connectivity index (χ0n) is 10.3. The van der Waals surface area contributed by atoms with Crippen molar-refractivity contribution in [3.8, 4) is 11.3 Å². The smallest absolute Gasteiger partial charge is 0.358 e. The molecule has 5 nitrogen and oxygen atoms in total. The number of benzene rings is 1. The number of aromatic carboxylic acids is 1. The average Bonchev–Trinajstić information content (AvgIpc) is 2.71. The SMILES string of the molecule is C=C(C)Cn1nnc(C(=O)O)c1-c1cccc(Cl)c1. The molecule has 1 aromatic heterocycles. The minimum atomic E-state index is -1.12. The molecule has 1 N–H and O–H groups in total. The molecule has 0 aliphatic rings. The number of carboxylic acid groups (broad SMARTS) is 1. The summed E-state index contributed by atoms with van der Waals surface area (Å²) in [6.07, 6.45) is 0. The van der Waals surface area contributed by atoms with Crippen molar-refractivity contribution in [2.75, 3.05) is 0 Å². The summed E-state index contributed by atoms with van der Waals surface area (Å²) in [6, 6.07) is 6.92. The maximum Gasteiger partial charge on any atom is 0.358 e. The first-order valence-corrected chi connectivity index (χ1v) is 5.94. The number of hydrogen-bond donors (Lipinski definition) is 1. The average molecular weight is 278 g/mol. The Bertz CT molecular complexity index is 649. The molecule has 98 valence electrons. The molecular weight excluding hydrogens is 266 g/mol. The molecule has 0 atom stereocenters. The maximum absolute atomic E-state index is 11.2. The van der Waals surface area contributed by atoms with E-state index >= 15 is 0 Å². The van der Waals surface area contributed by atoms with Crippen molar-refractivity contribution < 1.29 is 9.90 Å². The van der Waals surface area contributed by atoms with Crippen LogP contribution in [0.2, 0.25) is 5.02 Å². The number of allylic oxidation sites excluding steroid dienone is 1. The second-order valence-electron chi connectivity index (χ2n) is 4.22. The van der Waals surface area contributed by atoms with Gasteiger partial charge in [-0.3, -0.25) is 0 Å². The molecule has 1 aromatic carbocycles. The third-order valence-electron chi connectivity index (χ3n) is 2.46. The summed E-state index contributed by atoms with van der Waals surface area (Å²) in [6.45, 7) is 6.04. The van der Waals surface area contributed by atoms with Crippen LogP contribution in [-0.4, -0.2) is 26.1 Å². The highest BCUT2D eigenvalue weighted by atomic mass is 35.5. The Hall–Kier alpha value is -2.14. The molecule has 6 heteroatoms. The van der Waals surface area contributed by atoms with Gasteiger partial charge in [0.2, 0.25) is 0 Å². The van der Waals surface area contributed by atoms with Gasteiger partial charge in [0.05, 0.1) is 6.54 Å². The summed E-state index contributed by atoms with van der Waals surface area (Å²) in [4.78, 5) is 11.2. The van der Waals surface area contributed by atoms with E-state index in [9.17, 15) is 9.90 Å². The van der Waals surface area contributed by atoms with Gasteiger partial charge in [-0.05, 0) is 19.1 Å². The van der Waals surface area contributed by atoms with E-state index < -0.39 is 5.97 Å². The molecule has 0 unspecified atom stereocenters. The lowest BCUT2D eigenvalue weighted by Crippen LogP contribution is -2.05. The quantitative estimate of drug-likeness (QED) is 0.873. The number of halogens is 1. The van der Waals surface area contributed by atoms with Crippen LogP contribution in [-0.2, 0) is 6.54 Å². The number of carbonyl (C=O) groups is 1. The summed E-state index contributed by atoms with van der Waals surface area (Å²) in [5, 5.41) is 17.3. The minimum absolute atomic E-state index is 0.0940. The molecule has 0 saturated carbocycles. The lowest BCUT2D eigenvalue weighted by atomic mass is 10.1. The van der Waals surface area contributed by atoms with Crippen molar-refractivity contribution in [3.63, 3.8) is 0 Å². The van der Waals surface area contributed by atoms with Crippen LogP contribution in [0.1, 0.15) is 17.4 Å². The summed E-state index contributed by atoms with van der Waals surface area (Å²) in [5.41, 5.74) is 1.85. The molecule has 0 saturated heterocycles. The van der Waals surface area contributed by atoms with Gasteiger partial charge in [-0.2, -0.15) is 0 Å². The molecule has 0 amide bonds. The predicted molar refractivity (Wildman–Crippen MR) is 72.2 cm³/mol. The van der Waals surface area contributed by atoms with Crippen molar-refractivity contribution in [2.45, 2.75) is 13.5 Å². The van der Waals surface area contributed by atoms with Gasteiger partial charge in [0, 0.05) is 10.6 Å². The molecule has 0 fully saturated rings. The predicted octanol–water partition coefficient (Wildman–Crippen LogP) is 2.87. The van der Waals surface area contributed by atoms with Gasteiger partial charge in [0.15, 0.2) is 5.69 Å². The van der Waals surface area contributed by atoms with Crippen LogP contribution in [0.3, 0.4) is 0 Å². The van der Waals surface area contributed by atoms with Gasteiger partial charge in [-0.25, -0.2) is 9.48 Å². The van der Waals surface area contributed by atoms with E-state index in [1.807, 2.05) is 6.92 Å². The van der Waals surface area contributed by atoms with Crippen LogP contribution in [0.4, 0.5) is 0 Å². The third-order valence-corrected chi connectivity index (χ3v) is 2.69. The lowest BCUT2D eigenvalue weighted by Gasteiger charge is -2.07. The van der Waals surface area contributed by atoms with E-state index in [-0.39, 0.29) is 5.69 Å². The summed E-state index contributed by atoms with van der Waals surface area (Å²) < 4.78 is 1.51. The van der Waals surface area contributed by atoms with Gasteiger partial charge >= 0.3 is 5.97 Å². The lowest BCUT2D eigenvalue weighted by molar-refractivity contribution is 0.0691. The first-order chi connectivity index (χ1) is 8.99. The second-order valence-corrected chi connectivity index (χ2v) is 4.65. The first kappa shape index (κ1) is 13.3. The van der Waals surface area contributed by atoms with Crippen molar-refractivity contribution in [1.29, 1.82) is 0 Å². The Morgan fingerprint density at radius 2 is 2.26 bits per heavy atom. The Balaban J connectivity index is 2.61. The van der Waals surface area contributed by atoms with E-state index in [2.05, 4.69) is 16.9 Å². The highest BCUT2D eigenvalue weighted by Gasteiger charge is 2.20. The normalized spacial score (nSPS) is 10.4. The molecule has 1 heterocycles. The van der Waals surface area contributed by atoms with Crippen LogP contribution in [0.5, 0.6) is 0 Å². The summed E-state index contributed by atoms with van der Waals surface area (Å²) >= 11 is 5.94. The molecule has 0 bridgehead atoms. The molecule has 2 rings (SSSR count). The summed E-state index contributed by atoms with van der Waals surface area (Å²) in [5.74, 6) is -1.12. The topological polar surface area (TPSA) is 68.0 Å². The standard InChI is InChI=1S/C13H12ClN3O2/c1-8(2)7-17-12(11(13(18)19)15-16-17)9-4-3-5-10(14)6-9/h3-6H,1,7H2,2H3,(H,18,19). The number of carboxylic acids is 1. The number of aromatic nitrogens is 3. The second kappa shape index (κ2) is 5.24. The van der Waals surface area contributed by atoms with E-state index in [0.717, 1.165) is 5.57 Å². The van der Waals surface area contributed by atoms with Crippen LogP contribution < -0.4 is 0 Å². The Morgan fingerprint density at radius 3 is 2.84 bits per heavy atom. The van der Waals surface area contributed by atoms with Crippen LogP contribution in [0, 0.1) is 0 Å². The minimum Gasteiger partial charge on any atom is -0.476 e. The zero-order valence-corrected chi connectivity index (χ0v) is 11.1. The Morgan fingerprint density at radius 1 is 1.53 bits per heavy atom. The highest BCUT2D eigenvalue weighted by molar-refractivity contribution is 6.30. The fraction of sp³-hybridized carbons (Fsp3) is 0.154. The molecule has 0 spiro atoms. The molecular formula is C13H12ClN3O2. The number of nitrogens with zero attached hydrogens (tertiary/aromatic N) is 3. The van der Waals surface area contributed by atoms with Crippen LogP contribution >= 0.6 is 11.6 Å². The van der Waals surface area contributed by atoms with Gasteiger partial charge in [0.1, 0.15) is 5.69 Å². The van der Waals surface area contributed by atoms with Gasteiger partial charge in [-0.15, -0.1) is 5.10 Å². The van der Waals surface area contributed by atoms with Crippen molar-refractivity contribution >= 4 is 17.6 Å². The van der Waals surface area contributed by atoms with Crippen LogP contribution in [0.25, 0.3) is 11.3 Å². The molecule has 0 radical (unpaired) electrons. The van der Waals surface area contributed by atoms with Crippen molar-refractivity contribution in [2.24, 2.45) is 0 Å². The van der Waals surface area contributed by atoms with Gasteiger partial charge < -0.3 is 5.11 Å². The molecule has 0 aliphatic heterocycles. The van der Waals surface area contributed by atoms with Crippen molar-refractivity contribution in [3.05, 3.63) is 47.1 Å². The number of hydrogen-bond acceptors (Lipinski definition) is 3. The first-order valence-electron chi connectivity index (χ1n) is 5.56. The highest BCUT2D eigenvalue weighted by Crippen LogP contribution is 2.25. The van der Waals surface area contributed by atoms with E-state index in [0.29, 0.717) is 22.8 Å². The van der Waals surface area contributed by atoms with E-state index in [4.69, 9.17) is 11.6 Å². The fourth-order valence-corrected chi connectivity index (χ4v) is 1.94. The largest absolute Gasteiger partial charge is 0.476 e. The van der Waals surface area contributed by atoms with Gasteiger partial charge in [0.25, 0.3) is 0 Å². The van der Waals surface area contributed by atoms with E-state index in [1.54, 1.807) is 24.3 Å². The Kier molecular flexibility index (Phi) is 3.66.